The molecule has 0 bridgehead atoms. The summed E-state index contributed by atoms with van der Waals surface area (Å²) >= 11 is 0. The predicted octanol–water partition coefficient (Wildman–Crippen LogP) is -2.24. The summed E-state index contributed by atoms with van der Waals surface area (Å²) in [5.41, 5.74) is 0. The van der Waals surface area contributed by atoms with Crippen LogP contribution in [0.4, 0.5) is 4.39 Å². The lowest BCUT2D eigenvalue weighted by molar-refractivity contribution is -0.283. The highest BCUT2D eigenvalue weighted by Gasteiger charge is 2.42. The van der Waals surface area contributed by atoms with Gasteiger partial charge in [-0.05, 0) is 0 Å². The molecule has 4 N–H and O–H groups in total. The average molecular weight is 182 g/mol. The van der Waals surface area contributed by atoms with Crippen molar-refractivity contribution >= 4 is 0 Å². The zero-order chi connectivity index (χ0) is 9.30. The van der Waals surface area contributed by atoms with E-state index in [1.807, 2.05) is 0 Å². The number of hydrogen-bond donors (Lipinski definition) is 4. The van der Waals surface area contributed by atoms with Crippen LogP contribution in [0.2, 0.25) is 0 Å². The minimum atomic E-state index is -1.65. The highest BCUT2D eigenvalue weighted by Crippen LogP contribution is 2.19. The van der Waals surface area contributed by atoms with E-state index in [1.54, 1.807) is 0 Å². The molecule has 5 atom stereocenters. The first-order valence-corrected chi connectivity index (χ1v) is 3.51. The first kappa shape index (κ1) is 9.82. The molecule has 0 radical (unpaired) electrons. The molecule has 0 aromatic carbocycles. The van der Waals surface area contributed by atoms with Gasteiger partial charge in [0.25, 0.3) is 0 Å². The third kappa shape index (κ3) is 1.57. The van der Waals surface area contributed by atoms with Gasteiger partial charge in [0.15, 0.2) is 6.29 Å². The number of alkyl halides is 1. The van der Waals surface area contributed by atoms with Crippen molar-refractivity contribution in [1.82, 2.24) is 0 Å². The molecular formula is C6H11FO5. The average Bonchev–Trinajstić information content (AvgIpc) is 2.08. The molecule has 0 aromatic heterocycles. The number of ether oxygens (including phenoxy) is 1. The lowest BCUT2D eigenvalue weighted by Gasteiger charge is -2.37. The van der Waals surface area contributed by atoms with Crippen molar-refractivity contribution in [3.8, 4) is 0 Å². The smallest absolute Gasteiger partial charge is 0.184 e. The molecule has 0 aliphatic carbocycles. The van der Waals surface area contributed by atoms with E-state index in [0.29, 0.717) is 0 Å². The van der Waals surface area contributed by atoms with Crippen molar-refractivity contribution in [2.45, 2.75) is 30.7 Å². The molecule has 1 aliphatic rings. The van der Waals surface area contributed by atoms with Gasteiger partial charge < -0.3 is 25.2 Å². The molecule has 0 saturated carbocycles. The maximum Gasteiger partial charge on any atom is 0.184 e. The zero-order valence-corrected chi connectivity index (χ0v) is 6.17. The van der Waals surface area contributed by atoms with Crippen LogP contribution in [-0.2, 0) is 4.74 Å². The minimum absolute atomic E-state index is 1.03. The lowest BCUT2D eigenvalue weighted by atomic mass is 10.00. The van der Waals surface area contributed by atoms with Gasteiger partial charge in [0.05, 0.1) is 0 Å². The van der Waals surface area contributed by atoms with Crippen LogP contribution in [0, 0.1) is 0 Å². The van der Waals surface area contributed by atoms with E-state index in [1.165, 1.54) is 0 Å². The molecule has 12 heavy (non-hydrogen) atoms. The maximum atomic E-state index is 12.0. The molecule has 1 saturated heterocycles. The highest BCUT2D eigenvalue weighted by molar-refractivity contribution is 4.88. The third-order valence-corrected chi connectivity index (χ3v) is 1.84. The first-order chi connectivity index (χ1) is 5.57. The van der Waals surface area contributed by atoms with Gasteiger partial charge in [-0.2, -0.15) is 0 Å². The summed E-state index contributed by atoms with van der Waals surface area (Å²) in [7, 11) is 0. The maximum absolute atomic E-state index is 12.0. The molecule has 0 aromatic rings. The Morgan fingerprint density at radius 2 is 1.58 bits per heavy atom. The molecule has 1 fully saturated rings. The van der Waals surface area contributed by atoms with Crippen molar-refractivity contribution in [3.63, 3.8) is 0 Å². The second kappa shape index (κ2) is 3.63. The van der Waals surface area contributed by atoms with Crippen LogP contribution in [0.3, 0.4) is 0 Å². The van der Waals surface area contributed by atoms with E-state index in [9.17, 15) is 4.39 Å². The van der Waals surface area contributed by atoms with Gasteiger partial charge in [-0.25, -0.2) is 4.39 Å². The number of halogens is 1. The van der Waals surface area contributed by atoms with Crippen molar-refractivity contribution < 1.29 is 29.6 Å². The highest BCUT2D eigenvalue weighted by atomic mass is 19.1. The van der Waals surface area contributed by atoms with Crippen LogP contribution in [0.25, 0.3) is 0 Å². The summed E-state index contributed by atoms with van der Waals surface area (Å²) in [6.45, 7) is -1.03. The Balaban J connectivity index is 2.63. The molecule has 72 valence electrons. The fourth-order valence-corrected chi connectivity index (χ4v) is 1.06. The van der Waals surface area contributed by atoms with E-state index in [4.69, 9.17) is 20.4 Å². The van der Waals surface area contributed by atoms with E-state index < -0.39 is 37.4 Å². The van der Waals surface area contributed by atoms with Crippen LogP contribution in [0.1, 0.15) is 0 Å². The van der Waals surface area contributed by atoms with Crippen LogP contribution >= 0.6 is 0 Å². The molecule has 0 amide bonds. The Morgan fingerprint density at radius 3 is 2.08 bits per heavy atom. The number of aliphatic hydroxyl groups excluding tert-OH is 4. The zero-order valence-electron chi connectivity index (χ0n) is 6.17. The molecule has 0 unspecified atom stereocenters. The van der Waals surface area contributed by atoms with Crippen molar-refractivity contribution in [1.29, 1.82) is 0 Å². The monoisotopic (exact) mass is 182 g/mol. The fourth-order valence-electron chi connectivity index (χ4n) is 1.06. The second-order valence-electron chi connectivity index (χ2n) is 2.69. The first-order valence-electron chi connectivity index (χ1n) is 3.51. The lowest BCUT2D eigenvalue weighted by Crippen LogP contribution is -2.58. The van der Waals surface area contributed by atoms with Crippen molar-refractivity contribution in [3.05, 3.63) is 0 Å². The summed E-state index contributed by atoms with van der Waals surface area (Å²) in [5.74, 6) is 0. The van der Waals surface area contributed by atoms with Gasteiger partial charge in [-0.15, -0.1) is 0 Å². The van der Waals surface area contributed by atoms with Crippen LogP contribution < -0.4 is 0 Å². The normalized spacial score (nSPS) is 49.2. The van der Waals surface area contributed by atoms with E-state index in [0.717, 1.165) is 0 Å². The second-order valence-corrected chi connectivity index (χ2v) is 2.69. The topological polar surface area (TPSA) is 90.2 Å². The van der Waals surface area contributed by atoms with Gasteiger partial charge in [0.1, 0.15) is 31.1 Å². The molecule has 1 rings (SSSR count). The molecule has 0 spiro atoms. The van der Waals surface area contributed by atoms with Crippen molar-refractivity contribution in [2.75, 3.05) is 6.67 Å². The molecular weight excluding hydrogens is 171 g/mol. The summed E-state index contributed by atoms with van der Waals surface area (Å²) in [4.78, 5) is 0. The largest absolute Gasteiger partial charge is 0.387 e. The molecule has 1 heterocycles. The standard InChI is InChI=1S/C6H11FO5/c7-1-2-3(8)4(9)5(10)6(11)12-2/h2-6,8-11H,1H2/t2-,3+,4+,5+,6-/m1/s1. The van der Waals surface area contributed by atoms with Crippen LogP contribution in [-0.4, -0.2) is 57.8 Å². The van der Waals surface area contributed by atoms with Crippen LogP contribution in [0.5, 0.6) is 0 Å². The summed E-state index contributed by atoms with van der Waals surface area (Å²) < 4.78 is 16.5. The Hall–Kier alpha value is -0.270. The van der Waals surface area contributed by atoms with E-state index in [-0.39, 0.29) is 0 Å². The molecule has 5 nitrogen and oxygen atoms in total. The SMILES string of the molecule is O[C@H]1[C@@H](O)[C@@H](CF)O[C@@H](O)[C@H]1O. The number of aliphatic hydroxyl groups is 4. The van der Waals surface area contributed by atoms with Gasteiger partial charge in [-0.3, -0.25) is 0 Å². The Labute approximate surface area is 68.0 Å². The quantitative estimate of drug-likeness (QED) is 0.368. The Bertz CT molecular complexity index is 150. The Kier molecular flexibility index (Phi) is 2.97. The summed E-state index contributed by atoms with van der Waals surface area (Å²) in [5, 5.41) is 35.8. The van der Waals surface area contributed by atoms with Gasteiger partial charge >= 0.3 is 0 Å². The fraction of sp³-hybridized carbons (Fsp3) is 1.00. The number of rotatable bonds is 1. The molecule has 1 aliphatic heterocycles. The summed E-state index contributed by atoms with van der Waals surface area (Å²) in [6, 6.07) is 0. The van der Waals surface area contributed by atoms with Crippen molar-refractivity contribution in [2.24, 2.45) is 0 Å². The van der Waals surface area contributed by atoms with Crippen LogP contribution in [0.15, 0.2) is 0 Å². The predicted molar refractivity (Wildman–Crippen MR) is 34.9 cm³/mol. The number of hydrogen-bond acceptors (Lipinski definition) is 5. The molecule has 6 heteroatoms. The minimum Gasteiger partial charge on any atom is -0.387 e. The van der Waals surface area contributed by atoms with E-state index >= 15 is 0 Å². The summed E-state index contributed by atoms with van der Waals surface area (Å²) in [6.07, 6.45) is -7.60. The van der Waals surface area contributed by atoms with Gasteiger partial charge in [-0.1, -0.05) is 0 Å². The van der Waals surface area contributed by atoms with E-state index in [2.05, 4.69) is 4.74 Å². The third-order valence-electron chi connectivity index (χ3n) is 1.84. The Morgan fingerprint density at radius 1 is 1.00 bits per heavy atom. The van der Waals surface area contributed by atoms with Gasteiger partial charge in [0, 0.05) is 0 Å². The van der Waals surface area contributed by atoms with Gasteiger partial charge in [0.2, 0.25) is 0 Å².